The van der Waals surface area contributed by atoms with E-state index in [-0.39, 0.29) is 24.4 Å². The largest absolute Gasteiger partial charge is 0.481 e. The maximum Gasteiger partial charge on any atom is 0.266 e. The van der Waals surface area contributed by atoms with E-state index in [1.54, 1.807) is 30.6 Å². The number of pyridine rings is 1. The van der Waals surface area contributed by atoms with Crippen molar-refractivity contribution in [1.29, 1.82) is 0 Å². The van der Waals surface area contributed by atoms with Crippen molar-refractivity contribution in [3.05, 3.63) is 76.8 Å². The molecule has 1 amide bonds. The summed E-state index contributed by atoms with van der Waals surface area (Å²) in [5.74, 6) is -2.36. The van der Waals surface area contributed by atoms with Crippen molar-refractivity contribution >= 4 is 5.91 Å². The van der Waals surface area contributed by atoms with Gasteiger partial charge in [-0.3, -0.25) is 14.6 Å². The Hall–Kier alpha value is -3.62. The smallest absolute Gasteiger partial charge is 0.266 e. The second kappa shape index (κ2) is 8.85. The van der Waals surface area contributed by atoms with Gasteiger partial charge >= 0.3 is 0 Å². The highest BCUT2D eigenvalue weighted by Crippen LogP contribution is 2.17. The number of nitrogens with zero attached hydrogens (tertiary/aromatic N) is 3. The molecular formula is C19H16F2N4O3. The average molecular weight is 386 g/mol. The van der Waals surface area contributed by atoms with Gasteiger partial charge in [0, 0.05) is 36.6 Å². The molecule has 0 saturated heterocycles. The van der Waals surface area contributed by atoms with Gasteiger partial charge in [-0.25, -0.2) is 13.5 Å². The zero-order valence-corrected chi connectivity index (χ0v) is 14.6. The number of amides is 1. The number of rotatable bonds is 7. The number of hydrogen-bond acceptors (Lipinski definition) is 5. The van der Waals surface area contributed by atoms with Crippen LogP contribution in [0, 0.1) is 11.6 Å². The molecule has 9 heteroatoms. The average Bonchev–Trinajstić information content (AvgIpc) is 2.69. The van der Waals surface area contributed by atoms with Crippen LogP contribution in [0.15, 0.2) is 59.7 Å². The third-order valence-corrected chi connectivity index (χ3v) is 3.74. The van der Waals surface area contributed by atoms with Crippen LogP contribution in [0.5, 0.6) is 5.75 Å². The van der Waals surface area contributed by atoms with Gasteiger partial charge in [0.15, 0.2) is 18.2 Å². The van der Waals surface area contributed by atoms with Crippen molar-refractivity contribution in [3.63, 3.8) is 0 Å². The fourth-order valence-electron chi connectivity index (χ4n) is 2.37. The lowest BCUT2D eigenvalue weighted by Crippen LogP contribution is -2.34. The molecule has 28 heavy (non-hydrogen) atoms. The topological polar surface area (TPSA) is 86.1 Å². The molecule has 3 rings (SSSR count). The number of ether oxygens (including phenoxy) is 1. The first-order chi connectivity index (χ1) is 13.5. The fraction of sp³-hybridized carbons (Fsp3) is 0.158. The Bertz CT molecular complexity index is 1030. The van der Waals surface area contributed by atoms with E-state index in [9.17, 15) is 18.4 Å². The number of halogens is 2. The highest BCUT2D eigenvalue weighted by Gasteiger charge is 2.08. The normalized spacial score (nSPS) is 10.5. The van der Waals surface area contributed by atoms with Gasteiger partial charge in [0.25, 0.3) is 11.5 Å². The molecule has 7 nitrogen and oxygen atoms in total. The summed E-state index contributed by atoms with van der Waals surface area (Å²) in [6.07, 6.45) is 3.24. The Labute approximate surface area is 158 Å². The molecule has 0 spiro atoms. The molecule has 0 aliphatic heterocycles. The van der Waals surface area contributed by atoms with Gasteiger partial charge in [-0.15, -0.1) is 0 Å². The standard InChI is InChI=1S/C19H16F2N4O3/c20-14-1-3-17(15(21)11-14)28-12-18(26)23-9-10-25-19(27)4-2-16(24-25)13-5-7-22-8-6-13/h1-8,11H,9-10,12H2,(H,23,26). The lowest BCUT2D eigenvalue weighted by atomic mass is 10.2. The number of carbonyl (C=O) groups excluding carboxylic acids is 1. The molecule has 0 unspecified atom stereocenters. The minimum Gasteiger partial charge on any atom is -0.481 e. The van der Waals surface area contributed by atoms with Crippen molar-refractivity contribution in [1.82, 2.24) is 20.1 Å². The van der Waals surface area contributed by atoms with Crippen LogP contribution >= 0.6 is 0 Å². The Balaban J connectivity index is 1.53. The second-order valence-corrected chi connectivity index (χ2v) is 5.73. The molecule has 0 aliphatic carbocycles. The van der Waals surface area contributed by atoms with E-state index < -0.39 is 24.1 Å². The summed E-state index contributed by atoms with van der Waals surface area (Å²) in [7, 11) is 0. The van der Waals surface area contributed by atoms with Crippen molar-refractivity contribution < 1.29 is 18.3 Å². The predicted octanol–water partition coefficient (Wildman–Crippen LogP) is 1.78. The number of aromatic nitrogens is 3. The summed E-state index contributed by atoms with van der Waals surface area (Å²) in [6.45, 7) is -0.170. The van der Waals surface area contributed by atoms with Crippen molar-refractivity contribution in [2.24, 2.45) is 0 Å². The lowest BCUT2D eigenvalue weighted by Gasteiger charge is -2.10. The van der Waals surface area contributed by atoms with Gasteiger partial charge in [-0.05, 0) is 30.3 Å². The first-order valence-electron chi connectivity index (χ1n) is 8.36. The fourth-order valence-corrected chi connectivity index (χ4v) is 2.37. The third-order valence-electron chi connectivity index (χ3n) is 3.74. The molecular weight excluding hydrogens is 370 g/mol. The monoisotopic (exact) mass is 386 g/mol. The molecule has 0 atom stereocenters. The summed E-state index contributed by atoms with van der Waals surface area (Å²) in [5.41, 5.74) is 1.10. The van der Waals surface area contributed by atoms with Crippen LogP contribution in [0.3, 0.4) is 0 Å². The van der Waals surface area contributed by atoms with E-state index in [1.807, 2.05) is 0 Å². The van der Waals surface area contributed by atoms with E-state index >= 15 is 0 Å². The van der Waals surface area contributed by atoms with Gasteiger partial charge in [-0.2, -0.15) is 5.10 Å². The number of carbonyl (C=O) groups is 1. The lowest BCUT2D eigenvalue weighted by molar-refractivity contribution is -0.123. The third kappa shape index (κ3) is 4.97. The molecule has 144 valence electrons. The van der Waals surface area contributed by atoms with Crippen molar-refractivity contribution in [3.8, 4) is 17.0 Å². The Morgan fingerprint density at radius 2 is 1.89 bits per heavy atom. The highest BCUT2D eigenvalue weighted by molar-refractivity contribution is 5.77. The van der Waals surface area contributed by atoms with Gasteiger partial charge < -0.3 is 10.1 Å². The molecule has 0 saturated carbocycles. The summed E-state index contributed by atoms with van der Waals surface area (Å²) < 4.78 is 32.5. The summed E-state index contributed by atoms with van der Waals surface area (Å²) >= 11 is 0. The molecule has 0 radical (unpaired) electrons. The first kappa shape index (κ1) is 19.2. The van der Waals surface area contributed by atoms with Gasteiger partial charge in [0.05, 0.1) is 12.2 Å². The quantitative estimate of drug-likeness (QED) is 0.669. The zero-order chi connectivity index (χ0) is 19.9. The molecule has 2 aromatic heterocycles. The van der Waals surface area contributed by atoms with Crippen LogP contribution in [0.2, 0.25) is 0 Å². The van der Waals surface area contributed by atoms with E-state index in [1.165, 1.54) is 10.7 Å². The molecule has 3 aromatic rings. The first-order valence-corrected chi connectivity index (χ1v) is 8.36. The van der Waals surface area contributed by atoms with Gasteiger partial charge in [0.2, 0.25) is 0 Å². The van der Waals surface area contributed by atoms with E-state index in [0.29, 0.717) is 11.8 Å². The summed E-state index contributed by atoms with van der Waals surface area (Å²) in [6, 6.07) is 9.34. The van der Waals surface area contributed by atoms with E-state index in [0.717, 1.165) is 17.7 Å². The molecule has 1 N–H and O–H groups in total. The molecule has 2 heterocycles. The Morgan fingerprint density at radius 3 is 2.64 bits per heavy atom. The van der Waals surface area contributed by atoms with Crippen LogP contribution in [-0.4, -0.2) is 33.8 Å². The minimum atomic E-state index is -0.892. The van der Waals surface area contributed by atoms with Crippen LogP contribution in [0.1, 0.15) is 0 Å². The molecule has 0 bridgehead atoms. The summed E-state index contributed by atoms with van der Waals surface area (Å²) in [4.78, 5) is 27.7. The van der Waals surface area contributed by atoms with Crippen LogP contribution in [-0.2, 0) is 11.3 Å². The zero-order valence-electron chi connectivity index (χ0n) is 14.6. The summed E-state index contributed by atoms with van der Waals surface area (Å²) in [5, 5.41) is 6.81. The number of benzene rings is 1. The Kier molecular flexibility index (Phi) is 6.05. The maximum atomic E-state index is 13.4. The van der Waals surface area contributed by atoms with Crippen molar-refractivity contribution in [2.45, 2.75) is 6.54 Å². The second-order valence-electron chi connectivity index (χ2n) is 5.73. The minimum absolute atomic E-state index is 0.126. The van der Waals surface area contributed by atoms with Crippen LogP contribution in [0.25, 0.3) is 11.3 Å². The van der Waals surface area contributed by atoms with E-state index in [4.69, 9.17) is 4.74 Å². The molecule has 1 aromatic carbocycles. The Morgan fingerprint density at radius 1 is 1.11 bits per heavy atom. The SMILES string of the molecule is O=C(COc1ccc(F)cc1F)NCCn1nc(-c2ccncc2)ccc1=O. The molecule has 0 aliphatic rings. The number of nitrogens with one attached hydrogen (secondary N) is 1. The highest BCUT2D eigenvalue weighted by atomic mass is 19.1. The van der Waals surface area contributed by atoms with Gasteiger partial charge in [0.1, 0.15) is 5.82 Å². The van der Waals surface area contributed by atoms with Crippen molar-refractivity contribution in [2.75, 3.05) is 13.2 Å². The van der Waals surface area contributed by atoms with Gasteiger partial charge in [-0.1, -0.05) is 0 Å². The maximum absolute atomic E-state index is 13.4. The van der Waals surface area contributed by atoms with Crippen LogP contribution in [0.4, 0.5) is 8.78 Å². The predicted molar refractivity (Wildman–Crippen MR) is 96.6 cm³/mol. The van der Waals surface area contributed by atoms with Crippen LogP contribution < -0.4 is 15.6 Å². The number of hydrogen-bond donors (Lipinski definition) is 1. The van der Waals surface area contributed by atoms with E-state index in [2.05, 4.69) is 15.4 Å². The molecule has 0 fully saturated rings.